The number of aryl methyl sites for hydroxylation is 2. The second kappa shape index (κ2) is 7.60. The van der Waals surface area contributed by atoms with Crippen molar-refractivity contribution in [2.75, 3.05) is 0 Å². The van der Waals surface area contributed by atoms with E-state index in [4.69, 9.17) is 4.74 Å². The quantitative estimate of drug-likeness (QED) is 0.617. The van der Waals surface area contributed by atoms with Crippen molar-refractivity contribution in [3.8, 4) is 0 Å². The number of ether oxygens (including phenoxy) is 1. The average Bonchev–Trinajstić information content (AvgIpc) is 2.94. The summed E-state index contributed by atoms with van der Waals surface area (Å²) in [5, 5.41) is 10.7. The number of aliphatic hydroxyl groups excluding tert-OH is 1. The van der Waals surface area contributed by atoms with Gasteiger partial charge in [-0.15, -0.1) is 0 Å². The lowest BCUT2D eigenvalue weighted by atomic mass is 10.1. The number of hydrogen-bond acceptors (Lipinski definition) is 4. The number of nitrogens with zero attached hydrogens (tertiary/aromatic N) is 1. The minimum atomic E-state index is -0.418. The van der Waals surface area contributed by atoms with E-state index in [1.54, 1.807) is 24.3 Å². The number of aliphatic hydroxyl groups is 1. The van der Waals surface area contributed by atoms with Crippen LogP contribution in [0.5, 0.6) is 0 Å². The van der Waals surface area contributed by atoms with Crippen LogP contribution in [0.2, 0.25) is 0 Å². The third kappa shape index (κ3) is 4.13. The Bertz CT molecular complexity index is 746. The van der Waals surface area contributed by atoms with Crippen LogP contribution in [0.1, 0.15) is 49.2 Å². The molecule has 1 aromatic carbocycles. The number of esters is 1. The number of carbonyl (C=O) groups is 1. The van der Waals surface area contributed by atoms with Gasteiger partial charge in [0, 0.05) is 12.1 Å². The second-order valence-electron chi connectivity index (χ2n) is 6.93. The lowest BCUT2D eigenvalue weighted by Gasteiger charge is -2.32. The van der Waals surface area contributed by atoms with Crippen molar-refractivity contribution in [2.45, 2.75) is 53.6 Å². The first-order valence-corrected chi connectivity index (χ1v) is 8.62. The molecule has 0 aliphatic heterocycles. The van der Waals surface area contributed by atoms with Gasteiger partial charge in [0.25, 0.3) is 0 Å². The third-order valence-electron chi connectivity index (χ3n) is 4.18. The molecule has 0 spiro atoms. The smallest absolute Gasteiger partial charge is 0.343 e. The van der Waals surface area contributed by atoms with Crippen LogP contribution in [-0.2, 0) is 4.74 Å². The van der Waals surface area contributed by atoms with Gasteiger partial charge < -0.3 is 14.7 Å². The maximum atomic E-state index is 12.5. The molecule has 0 fully saturated rings. The van der Waals surface area contributed by atoms with E-state index in [0.29, 0.717) is 16.9 Å². The van der Waals surface area contributed by atoms with E-state index < -0.39 is 5.97 Å². The first kappa shape index (κ1) is 18.8. The van der Waals surface area contributed by atoms with Crippen molar-refractivity contribution < 1.29 is 14.6 Å². The fourth-order valence-electron chi connectivity index (χ4n) is 3.10. The van der Waals surface area contributed by atoms with Crippen LogP contribution in [0, 0.1) is 13.8 Å². The molecule has 0 unspecified atom stereocenters. The van der Waals surface area contributed by atoms with E-state index in [9.17, 15) is 9.90 Å². The highest BCUT2D eigenvalue weighted by molar-refractivity contribution is 5.92. The number of rotatable bonds is 5. The van der Waals surface area contributed by atoms with Crippen LogP contribution in [0.3, 0.4) is 0 Å². The Morgan fingerprint density at radius 1 is 1.12 bits per heavy atom. The molecule has 0 radical (unpaired) electrons. The molecule has 25 heavy (non-hydrogen) atoms. The standard InChI is InChI=1S/C21H27NO3/c1-13(2)22(14(3)4)20(23)18-8-7-9-19(18)25-21(24)17-11-10-15(5)12-16(17)6/h7-14,23H,1-6H3/b20-18-. The van der Waals surface area contributed by atoms with Crippen LogP contribution >= 0.6 is 0 Å². The molecule has 1 aromatic rings. The van der Waals surface area contributed by atoms with Crippen molar-refractivity contribution in [1.82, 2.24) is 4.90 Å². The SMILES string of the molecule is Cc1ccc(C(=O)OC2=CC=C/C2=C(/O)N(C(C)C)C(C)C)c(C)c1. The molecule has 134 valence electrons. The van der Waals surface area contributed by atoms with Gasteiger partial charge in [0.2, 0.25) is 0 Å². The van der Waals surface area contributed by atoms with Gasteiger partial charge in [-0.25, -0.2) is 4.79 Å². The summed E-state index contributed by atoms with van der Waals surface area (Å²) >= 11 is 0. The fourth-order valence-corrected chi connectivity index (χ4v) is 3.10. The lowest BCUT2D eigenvalue weighted by Crippen LogP contribution is -2.37. The Labute approximate surface area is 150 Å². The molecule has 4 nitrogen and oxygen atoms in total. The van der Waals surface area contributed by atoms with Crippen LogP contribution in [0.15, 0.2) is 53.6 Å². The summed E-state index contributed by atoms with van der Waals surface area (Å²) in [6.45, 7) is 11.9. The molecule has 0 amide bonds. The first-order valence-electron chi connectivity index (χ1n) is 8.62. The summed E-state index contributed by atoms with van der Waals surface area (Å²) in [6, 6.07) is 5.85. The first-order chi connectivity index (χ1) is 11.7. The predicted octanol–water partition coefficient (Wildman–Crippen LogP) is 4.80. The summed E-state index contributed by atoms with van der Waals surface area (Å²) < 4.78 is 5.58. The van der Waals surface area contributed by atoms with Gasteiger partial charge in [-0.1, -0.05) is 23.8 Å². The zero-order valence-corrected chi connectivity index (χ0v) is 15.8. The molecule has 0 heterocycles. The molecule has 0 saturated heterocycles. The number of benzene rings is 1. The molecule has 0 saturated carbocycles. The van der Waals surface area contributed by atoms with Crippen molar-refractivity contribution in [2.24, 2.45) is 0 Å². The van der Waals surface area contributed by atoms with Crippen molar-refractivity contribution in [1.29, 1.82) is 0 Å². The predicted molar refractivity (Wildman–Crippen MR) is 100 cm³/mol. The molecule has 1 aliphatic carbocycles. The van der Waals surface area contributed by atoms with E-state index in [2.05, 4.69) is 0 Å². The van der Waals surface area contributed by atoms with Crippen LogP contribution in [-0.4, -0.2) is 28.1 Å². The van der Waals surface area contributed by atoms with E-state index in [0.717, 1.165) is 11.1 Å². The summed E-state index contributed by atoms with van der Waals surface area (Å²) in [6.07, 6.45) is 5.23. The molecule has 1 aliphatic rings. The fraction of sp³-hybridized carbons (Fsp3) is 0.381. The molecule has 0 bridgehead atoms. The van der Waals surface area contributed by atoms with E-state index in [1.165, 1.54) is 0 Å². The zero-order chi connectivity index (χ0) is 18.7. The summed E-state index contributed by atoms with van der Waals surface area (Å²) in [7, 11) is 0. The van der Waals surface area contributed by atoms with E-state index >= 15 is 0 Å². The highest BCUT2D eigenvalue weighted by Crippen LogP contribution is 2.27. The lowest BCUT2D eigenvalue weighted by molar-refractivity contribution is 0.0627. The Hall–Kier alpha value is -2.49. The monoisotopic (exact) mass is 341 g/mol. The van der Waals surface area contributed by atoms with Gasteiger partial charge in [0.1, 0.15) is 5.76 Å². The molecule has 0 atom stereocenters. The van der Waals surface area contributed by atoms with Gasteiger partial charge in [-0.3, -0.25) is 0 Å². The normalized spacial score (nSPS) is 15.6. The van der Waals surface area contributed by atoms with Gasteiger partial charge in [-0.2, -0.15) is 0 Å². The molecule has 0 aromatic heterocycles. The zero-order valence-electron chi connectivity index (χ0n) is 15.8. The molecule has 2 rings (SSSR count). The van der Waals surface area contributed by atoms with Gasteiger partial charge in [-0.05, 0) is 65.3 Å². The minimum absolute atomic E-state index is 0.123. The third-order valence-corrected chi connectivity index (χ3v) is 4.18. The second-order valence-corrected chi connectivity index (χ2v) is 6.93. The van der Waals surface area contributed by atoms with Gasteiger partial charge in [0.05, 0.1) is 11.1 Å². The van der Waals surface area contributed by atoms with Gasteiger partial charge >= 0.3 is 5.97 Å². The Kier molecular flexibility index (Phi) is 5.73. The highest BCUT2D eigenvalue weighted by atomic mass is 16.5. The van der Waals surface area contributed by atoms with Gasteiger partial charge in [0.15, 0.2) is 5.88 Å². The van der Waals surface area contributed by atoms with Crippen molar-refractivity contribution in [3.63, 3.8) is 0 Å². The number of carbonyl (C=O) groups excluding carboxylic acids is 1. The maximum absolute atomic E-state index is 12.5. The summed E-state index contributed by atoms with van der Waals surface area (Å²) in [5.74, 6) is 0.0746. The number of hydrogen-bond donors (Lipinski definition) is 1. The Morgan fingerprint density at radius 3 is 2.32 bits per heavy atom. The topological polar surface area (TPSA) is 49.8 Å². The Balaban J connectivity index is 2.28. The van der Waals surface area contributed by atoms with Crippen molar-refractivity contribution >= 4 is 5.97 Å². The van der Waals surface area contributed by atoms with Crippen LogP contribution in [0.4, 0.5) is 0 Å². The maximum Gasteiger partial charge on any atom is 0.343 e. The van der Waals surface area contributed by atoms with Crippen LogP contribution in [0.25, 0.3) is 0 Å². The van der Waals surface area contributed by atoms with E-state index in [1.807, 2.05) is 58.6 Å². The largest absolute Gasteiger partial charge is 0.494 e. The summed E-state index contributed by atoms with van der Waals surface area (Å²) in [5.41, 5.74) is 3.03. The molecule has 1 N–H and O–H groups in total. The molecular weight excluding hydrogens is 314 g/mol. The molecule has 4 heteroatoms. The minimum Gasteiger partial charge on any atom is -0.494 e. The van der Waals surface area contributed by atoms with E-state index in [-0.39, 0.29) is 18.0 Å². The highest BCUT2D eigenvalue weighted by Gasteiger charge is 2.24. The Morgan fingerprint density at radius 2 is 1.76 bits per heavy atom. The van der Waals surface area contributed by atoms with Crippen LogP contribution < -0.4 is 0 Å². The summed E-state index contributed by atoms with van der Waals surface area (Å²) in [4.78, 5) is 14.4. The molecular formula is C21H27NO3. The number of allylic oxidation sites excluding steroid dienone is 3. The average molecular weight is 341 g/mol. The van der Waals surface area contributed by atoms with Crippen molar-refractivity contribution in [3.05, 3.63) is 70.3 Å².